The molecule has 1 aromatic carbocycles. The zero-order chi connectivity index (χ0) is 13.1. The summed E-state index contributed by atoms with van der Waals surface area (Å²) in [7, 11) is 0. The van der Waals surface area contributed by atoms with Gasteiger partial charge in [0.2, 0.25) is 0 Å². The Hall–Kier alpha value is -1.70. The van der Waals surface area contributed by atoms with Crippen LogP contribution in [0.2, 0.25) is 0 Å². The number of nitrogens with one attached hydrogen (secondary N) is 1. The molecule has 0 atom stereocenters. The SMILES string of the molecule is Nc1cccnc1C(=O)Nc1cccc(F)c1I. The molecule has 0 aliphatic carbocycles. The molecule has 0 unspecified atom stereocenters. The molecule has 1 aromatic heterocycles. The Kier molecular flexibility index (Phi) is 3.75. The average Bonchev–Trinajstić information content (AvgIpc) is 2.35. The molecule has 0 saturated carbocycles. The molecule has 92 valence electrons. The van der Waals surface area contributed by atoms with E-state index in [9.17, 15) is 9.18 Å². The number of halogens is 2. The lowest BCUT2D eigenvalue weighted by Crippen LogP contribution is -2.16. The fourth-order valence-electron chi connectivity index (χ4n) is 1.39. The van der Waals surface area contributed by atoms with Crippen molar-refractivity contribution in [2.75, 3.05) is 11.1 Å². The zero-order valence-electron chi connectivity index (χ0n) is 9.15. The van der Waals surface area contributed by atoms with E-state index < -0.39 is 5.91 Å². The average molecular weight is 357 g/mol. The summed E-state index contributed by atoms with van der Waals surface area (Å²) >= 11 is 1.82. The molecule has 2 rings (SSSR count). The molecule has 18 heavy (non-hydrogen) atoms. The van der Waals surface area contributed by atoms with Gasteiger partial charge in [-0.3, -0.25) is 4.79 Å². The van der Waals surface area contributed by atoms with Gasteiger partial charge in [-0.2, -0.15) is 0 Å². The monoisotopic (exact) mass is 357 g/mol. The first-order chi connectivity index (χ1) is 8.59. The van der Waals surface area contributed by atoms with Crippen LogP contribution >= 0.6 is 22.6 Å². The fourth-order valence-corrected chi connectivity index (χ4v) is 1.88. The van der Waals surface area contributed by atoms with Gasteiger partial charge in [-0.1, -0.05) is 6.07 Å². The number of amides is 1. The second-order valence-corrected chi connectivity index (χ2v) is 4.58. The summed E-state index contributed by atoms with van der Waals surface area (Å²) in [5, 5.41) is 2.58. The molecule has 0 spiro atoms. The minimum Gasteiger partial charge on any atom is -0.397 e. The van der Waals surface area contributed by atoms with Gasteiger partial charge >= 0.3 is 0 Å². The van der Waals surface area contributed by atoms with Crippen LogP contribution in [-0.4, -0.2) is 10.9 Å². The standard InChI is InChI=1S/C12H9FIN3O/c13-7-3-1-5-9(10(7)14)17-12(18)11-8(15)4-2-6-16-11/h1-6H,15H2,(H,17,18). The van der Waals surface area contributed by atoms with Gasteiger partial charge in [0.05, 0.1) is 14.9 Å². The summed E-state index contributed by atoms with van der Waals surface area (Å²) in [4.78, 5) is 15.8. The highest BCUT2D eigenvalue weighted by atomic mass is 127. The van der Waals surface area contributed by atoms with E-state index in [-0.39, 0.29) is 17.2 Å². The highest BCUT2D eigenvalue weighted by molar-refractivity contribution is 14.1. The molecule has 6 heteroatoms. The number of nitrogens with zero attached hydrogens (tertiary/aromatic N) is 1. The molecule has 0 aliphatic rings. The Balaban J connectivity index is 2.27. The van der Waals surface area contributed by atoms with Crippen molar-refractivity contribution in [2.45, 2.75) is 0 Å². The van der Waals surface area contributed by atoms with Crippen LogP contribution in [0, 0.1) is 9.39 Å². The molecule has 4 nitrogen and oxygen atoms in total. The number of pyridine rings is 1. The lowest BCUT2D eigenvalue weighted by molar-refractivity contribution is 0.102. The van der Waals surface area contributed by atoms with Gasteiger partial charge in [0.15, 0.2) is 5.69 Å². The van der Waals surface area contributed by atoms with Gasteiger partial charge in [-0.15, -0.1) is 0 Å². The first-order valence-corrected chi connectivity index (χ1v) is 6.13. The van der Waals surface area contributed by atoms with Gasteiger partial charge < -0.3 is 11.1 Å². The van der Waals surface area contributed by atoms with Crippen molar-refractivity contribution in [2.24, 2.45) is 0 Å². The van der Waals surface area contributed by atoms with Crippen molar-refractivity contribution >= 4 is 39.9 Å². The van der Waals surface area contributed by atoms with Gasteiger partial charge in [-0.05, 0) is 46.9 Å². The van der Waals surface area contributed by atoms with Gasteiger partial charge in [0, 0.05) is 6.20 Å². The minimum absolute atomic E-state index is 0.123. The van der Waals surface area contributed by atoms with Crippen LogP contribution in [0.25, 0.3) is 0 Å². The Morgan fingerprint density at radius 1 is 1.33 bits per heavy atom. The van der Waals surface area contributed by atoms with Crippen LogP contribution in [0.1, 0.15) is 10.5 Å². The fraction of sp³-hybridized carbons (Fsp3) is 0. The normalized spacial score (nSPS) is 10.1. The van der Waals surface area contributed by atoms with Crippen molar-refractivity contribution in [3.05, 3.63) is 51.6 Å². The van der Waals surface area contributed by atoms with Crippen molar-refractivity contribution < 1.29 is 9.18 Å². The Morgan fingerprint density at radius 2 is 2.11 bits per heavy atom. The molecule has 0 bridgehead atoms. The highest BCUT2D eigenvalue weighted by Gasteiger charge is 2.13. The number of carbonyl (C=O) groups excluding carboxylic acids is 1. The molecule has 1 heterocycles. The van der Waals surface area contributed by atoms with E-state index in [1.807, 2.05) is 22.6 Å². The number of rotatable bonds is 2. The van der Waals surface area contributed by atoms with Gasteiger partial charge in [0.1, 0.15) is 5.82 Å². The van der Waals surface area contributed by atoms with Crippen LogP contribution < -0.4 is 11.1 Å². The quantitative estimate of drug-likeness (QED) is 0.813. The van der Waals surface area contributed by atoms with E-state index >= 15 is 0 Å². The maximum absolute atomic E-state index is 13.3. The Bertz CT molecular complexity index is 604. The van der Waals surface area contributed by atoms with Gasteiger partial charge in [0.25, 0.3) is 5.91 Å². The molecular weight excluding hydrogens is 348 g/mol. The van der Waals surface area contributed by atoms with Crippen molar-refractivity contribution in [1.29, 1.82) is 0 Å². The van der Waals surface area contributed by atoms with E-state index in [0.717, 1.165) is 0 Å². The number of carbonyl (C=O) groups is 1. The molecule has 0 fully saturated rings. The molecule has 3 N–H and O–H groups in total. The smallest absolute Gasteiger partial charge is 0.276 e. The van der Waals surface area contributed by atoms with Crippen LogP contribution in [0.15, 0.2) is 36.5 Å². The van der Waals surface area contributed by atoms with E-state index in [4.69, 9.17) is 5.73 Å². The molecule has 0 radical (unpaired) electrons. The number of anilines is 2. The predicted molar refractivity (Wildman–Crippen MR) is 75.7 cm³/mol. The number of aromatic nitrogens is 1. The molecule has 2 aromatic rings. The first-order valence-electron chi connectivity index (χ1n) is 5.05. The maximum atomic E-state index is 13.3. The molecule has 0 aliphatic heterocycles. The summed E-state index contributed by atoms with van der Waals surface area (Å²) in [5.74, 6) is -0.848. The maximum Gasteiger partial charge on any atom is 0.276 e. The van der Waals surface area contributed by atoms with Crippen molar-refractivity contribution in [3.8, 4) is 0 Å². The Morgan fingerprint density at radius 3 is 2.83 bits per heavy atom. The number of nitrogens with two attached hydrogens (primary N) is 1. The first kappa shape index (κ1) is 12.7. The third-order valence-electron chi connectivity index (χ3n) is 2.25. The number of nitrogen functional groups attached to an aromatic ring is 1. The summed E-state index contributed by atoms with van der Waals surface area (Å²) in [6, 6.07) is 7.68. The van der Waals surface area contributed by atoms with E-state index in [0.29, 0.717) is 9.26 Å². The Labute approximate surface area is 117 Å². The largest absolute Gasteiger partial charge is 0.397 e. The summed E-state index contributed by atoms with van der Waals surface area (Å²) in [6.07, 6.45) is 1.47. The summed E-state index contributed by atoms with van der Waals surface area (Å²) in [5.41, 5.74) is 6.44. The second-order valence-electron chi connectivity index (χ2n) is 3.50. The van der Waals surface area contributed by atoms with E-state index in [1.165, 1.54) is 18.3 Å². The van der Waals surface area contributed by atoms with E-state index in [2.05, 4.69) is 10.3 Å². The van der Waals surface area contributed by atoms with Crippen LogP contribution in [-0.2, 0) is 0 Å². The van der Waals surface area contributed by atoms with Crippen molar-refractivity contribution in [1.82, 2.24) is 4.98 Å². The van der Waals surface area contributed by atoms with Gasteiger partial charge in [-0.25, -0.2) is 9.37 Å². The predicted octanol–water partition coefficient (Wildman–Crippen LogP) is 2.66. The third kappa shape index (κ3) is 2.58. The van der Waals surface area contributed by atoms with Crippen LogP contribution in [0.4, 0.5) is 15.8 Å². The lowest BCUT2D eigenvalue weighted by Gasteiger charge is -2.08. The number of benzene rings is 1. The topological polar surface area (TPSA) is 68.0 Å². The van der Waals surface area contributed by atoms with Crippen LogP contribution in [0.5, 0.6) is 0 Å². The highest BCUT2D eigenvalue weighted by Crippen LogP contribution is 2.21. The third-order valence-corrected chi connectivity index (χ3v) is 3.35. The summed E-state index contributed by atoms with van der Waals surface area (Å²) < 4.78 is 13.7. The molecular formula is C12H9FIN3O. The number of hydrogen-bond donors (Lipinski definition) is 2. The second kappa shape index (κ2) is 5.30. The van der Waals surface area contributed by atoms with Crippen molar-refractivity contribution in [3.63, 3.8) is 0 Å². The zero-order valence-corrected chi connectivity index (χ0v) is 11.3. The summed E-state index contributed by atoms with van der Waals surface area (Å²) in [6.45, 7) is 0. The van der Waals surface area contributed by atoms with E-state index in [1.54, 1.807) is 18.2 Å². The van der Waals surface area contributed by atoms with Crippen LogP contribution in [0.3, 0.4) is 0 Å². The lowest BCUT2D eigenvalue weighted by atomic mass is 10.2. The minimum atomic E-state index is -0.461. The molecule has 0 saturated heterocycles. The number of hydrogen-bond acceptors (Lipinski definition) is 3. The molecule has 1 amide bonds.